The second-order valence-corrected chi connectivity index (χ2v) is 8.65. The van der Waals surface area contributed by atoms with E-state index in [0.29, 0.717) is 23.2 Å². The van der Waals surface area contributed by atoms with E-state index in [1.165, 1.54) is 12.8 Å². The van der Waals surface area contributed by atoms with Crippen LogP contribution in [0.25, 0.3) is 0 Å². The van der Waals surface area contributed by atoms with E-state index in [-0.39, 0.29) is 5.91 Å². The summed E-state index contributed by atoms with van der Waals surface area (Å²) in [6, 6.07) is 3.93. The van der Waals surface area contributed by atoms with Crippen LogP contribution in [-0.4, -0.2) is 90.7 Å². The number of piperazine rings is 1. The van der Waals surface area contributed by atoms with E-state index >= 15 is 0 Å². The number of nitrogens with one attached hydrogen (secondary N) is 1. The van der Waals surface area contributed by atoms with Gasteiger partial charge in [-0.3, -0.25) is 4.79 Å². The van der Waals surface area contributed by atoms with Crippen LogP contribution in [-0.2, 0) is 4.79 Å². The van der Waals surface area contributed by atoms with Gasteiger partial charge < -0.3 is 14.7 Å². The number of carbonyl (C=O) groups excluding carboxylic acids is 1. The molecular weight excluding hydrogens is 406 g/mol. The molecule has 10 heteroatoms. The van der Waals surface area contributed by atoms with E-state index in [1.807, 2.05) is 12.1 Å². The maximum atomic E-state index is 12.6. The number of amides is 1. The van der Waals surface area contributed by atoms with Crippen LogP contribution in [0.4, 0.5) is 11.5 Å². The lowest BCUT2D eigenvalue weighted by Gasteiger charge is -2.33. The first-order valence-electron chi connectivity index (χ1n) is 11.4. The Morgan fingerprint density at radius 2 is 1.75 bits per heavy atom. The molecule has 4 aliphatic rings. The third kappa shape index (κ3) is 4.40. The number of rotatable bonds is 2. The van der Waals surface area contributed by atoms with Gasteiger partial charge in [-0.1, -0.05) is 12.8 Å². The molecule has 5 rings (SSSR count). The molecular formula is C22H29N9O. The number of guanidine groups is 1. The molecule has 1 unspecified atom stereocenters. The lowest BCUT2D eigenvalue weighted by Crippen LogP contribution is -2.46. The number of hydrogen-bond donors (Lipinski definition) is 1. The summed E-state index contributed by atoms with van der Waals surface area (Å²) in [7, 11) is 2.14. The van der Waals surface area contributed by atoms with E-state index in [0.717, 1.165) is 57.9 Å². The first-order valence-corrected chi connectivity index (χ1v) is 11.4. The first-order chi connectivity index (χ1) is 15.7. The van der Waals surface area contributed by atoms with Crippen molar-refractivity contribution in [1.29, 1.82) is 0 Å². The van der Waals surface area contributed by atoms with Gasteiger partial charge in [0.1, 0.15) is 11.7 Å². The minimum Gasteiger partial charge on any atom is -0.354 e. The summed E-state index contributed by atoms with van der Waals surface area (Å²) in [6.45, 7) is 5.81. The average Bonchev–Trinajstić information content (AvgIpc) is 3.10. The Morgan fingerprint density at radius 3 is 2.47 bits per heavy atom. The highest BCUT2D eigenvalue weighted by atomic mass is 16.2. The second kappa shape index (κ2) is 9.15. The van der Waals surface area contributed by atoms with Crippen LogP contribution in [0.5, 0.6) is 0 Å². The van der Waals surface area contributed by atoms with Crippen molar-refractivity contribution in [2.24, 2.45) is 26.0 Å². The number of likely N-dealkylation sites (tertiary alicyclic amines) is 1. The molecule has 0 aromatic carbocycles. The van der Waals surface area contributed by atoms with Gasteiger partial charge in [0.2, 0.25) is 5.96 Å². The van der Waals surface area contributed by atoms with E-state index < -0.39 is 5.92 Å². The molecule has 0 bridgehead atoms. The van der Waals surface area contributed by atoms with E-state index in [2.05, 4.69) is 42.3 Å². The Morgan fingerprint density at radius 1 is 0.969 bits per heavy atom. The third-order valence-corrected chi connectivity index (χ3v) is 6.32. The molecule has 32 heavy (non-hydrogen) atoms. The number of aliphatic imine (C=N–C) groups is 3. The molecule has 1 atom stereocenters. The summed E-state index contributed by atoms with van der Waals surface area (Å²) in [5.41, 5.74) is 3.78. The highest BCUT2D eigenvalue weighted by molar-refractivity contribution is 6.46. The Kier molecular flexibility index (Phi) is 5.93. The molecule has 5 heterocycles. The van der Waals surface area contributed by atoms with Gasteiger partial charge in [-0.25, -0.2) is 20.4 Å². The molecule has 4 aliphatic heterocycles. The Bertz CT molecular complexity index is 966. The second-order valence-electron chi connectivity index (χ2n) is 8.65. The van der Waals surface area contributed by atoms with Crippen LogP contribution in [0.15, 0.2) is 38.4 Å². The van der Waals surface area contributed by atoms with Crippen molar-refractivity contribution in [2.45, 2.75) is 25.7 Å². The van der Waals surface area contributed by atoms with Gasteiger partial charge in [0, 0.05) is 39.3 Å². The Labute approximate surface area is 187 Å². The lowest BCUT2D eigenvalue weighted by atomic mass is 9.99. The zero-order valence-corrected chi connectivity index (χ0v) is 18.4. The molecule has 1 aromatic heterocycles. The summed E-state index contributed by atoms with van der Waals surface area (Å²) in [5.74, 6) is 1.10. The SMILES string of the molecule is CN1CCN(c2ccc(N=C3N=C(N4CCCCCC4)N=C4C=NNC(=O)C43)cn2)CC1. The largest absolute Gasteiger partial charge is 0.354 e. The number of carbonyl (C=O) groups is 1. The number of hydrazone groups is 1. The van der Waals surface area contributed by atoms with Crippen molar-refractivity contribution < 1.29 is 4.79 Å². The molecule has 0 saturated carbocycles. The molecule has 0 radical (unpaired) electrons. The van der Waals surface area contributed by atoms with Crippen LogP contribution in [0, 0.1) is 5.92 Å². The van der Waals surface area contributed by atoms with Crippen LogP contribution < -0.4 is 10.3 Å². The molecule has 0 spiro atoms. The smallest absolute Gasteiger partial charge is 0.257 e. The maximum absolute atomic E-state index is 12.6. The number of aromatic nitrogens is 1. The maximum Gasteiger partial charge on any atom is 0.257 e. The van der Waals surface area contributed by atoms with Gasteiger partial charge in [-0.2, -0.15) is 10.1 Å². The van der Waals surface area contributed by atoms with Gasteiger partial charge in [-0.05, 0) is 32.0 Å². The lowest BCUT2D eigenvalue weighted by molar-refractivity contribution is -0.121. The minimum absolute atomic E-state index is 0.259. The predicted molar refractivity (Wildman–Crippen MR) is 126 cm³/mol. The van der Waals surface area contributed by atoms with Crippen molar-refractivity contribution in [3.05, 3.63) is 18.3 Å². The molecule has 1 amide bonds. The van der Waals surface area contributed by atoms with Crippen molar-refractivity contribution in [3.8, 4) is 0 Å². The molecule has 1 N–H and O–H groups in total. The molecule has 168 valence electrons. The number of amidine groups is 1. The average molecular weight is 436 g/mol. The fourth-order valence-corrected chi connectivity index (χ4v) is 4.39. The van der Waals surface area contributed by atoms with Gasteiger partial charge >= 0.3 is 0 Å². The highest BCUT2D eigenvalue weighted by Gasteiger charge is 2.36. The molecule has 2 saturated heterocycles. The normalized spacial score (nSPS) is 25.7. The summed E-state index contributed by atoms with van der Waals surface area (Å²) in [6.07, 6.45) is 8.03. The third-order valence-electron chi connectivity index (χ3n) is 6.32. The number of fused-ring (bicyclic) bond motifs is 1. The fourth-order valence-electron chi connectivity index (χ4n) is 4.39. The highest BCUT2D eigenvalue weighted by Crippen LogP contribution is 2.23. The van der Waals surface area contributed by atoms with Crippen LogP contribution >= 0.6 is 0 Å². The van der Waals surface area contributed by atoms with Crippen LogP contribution in [0.2, 0.25) is 0 Å². The number of anilines is 1. The number of likely N-dealkylation sites (N-methyl/N-ethyl adjacent to an activating group) is 1. The van der Waals surface area contributed by atoms with E-state index in [4.69, 9.17) is 9.98 Å². The number of pyridine rings is 1. The van der Waals surface area contributed by atoms with Crippen molar-refractivity contribution in [3.63, 3.8) is 0 Å². The summed E-state index contributed by atoms with van der Waals surface area (Å²) in [4.78, 5) is 38.1. The standard InChI is InChI=1S/C22H29N9O/c1-29-10-12-30(13-11-29)18-7-6-16(14-23-18)25-20-19-17(15-24-28-21(19)32)26-22(27-20)31-8-4-2-3-5-9-31/h6-7,14-15,19H,2-5,8-13H2,1H3,(H,28,32). The number of nitrogens with zero attached hydrogens (tertiary/aromatic N) is 8. The van der Waals surface area contributed by atoms with Crippen molar-refractivity contribution in [2.75, 3.05) is 51.2 Å². The van der Waals surface area contributed by atoms with Crippen molar-refractivity contribution in [1.82, 2.24) is 20.2 Å². The molecule has 10 nitrogen and oxygen atoms in total. The summed E-state index contributed by atoms with van der Waals surface area (Å²) < 4.78 is 0. The molecule has 0 aliphatic carbocycles. The number of hydrogen-bond acceptors (Lipinski definition) is 8. The van der Waals surface area contributed by atoms with E-state index in [9.17, 15) is 4.79 Å². The van der Waals surface area contributed by atoms with Crippen LogP contribution in [0.1, 0.15) is 25.7 Å². The summed E-state index contributed by atoms with van der Waals surface area (Å²) >= 11 is 0. The molecule has 1 aromatic rings. The van der Waals surface area contributed by atoms with E-state index in [1.54, 1.807) is 12.4 Å². The Balaban J connectivity index is 1.42. The molecule has 2 fully saturated rings. The minimum atomic E-state index is -0.652. The monoisotopic (exact) mass is 435 g/mol. The zero-order valence-electron chi connectivity index (χ0n) is 18.4. The Hall–Kier alpha value is -3.14. The van der Waals surface area contributed by atoms with Crippen molar-refractivity contribution >= 4 is 41.1 Å². The first kappa shape index (κ1) is 20.7. The van der Waals surface area contributed by atoms with Crippen LogP contribution in [0.3, 0.4) is 0 Å². The van der Waals surface area contributed by atoms with Gasteiger partial charge in [-0.15, -0.1) is 0 Å². The quantitative estimate of drug-likeness (QED) is 0.754. The van der Waals surface area contributed by atoms with Gasteiger partial charge in [0.05, 0.1) is 23.8 Å². The van der Waals surface area contributed by atoms with Gasteiger partial charge in [0.15, 0.2) is 5.84 Å². The fraction of sp³-hybridized carbons (Fsp3) is 0.545. The summed E-state index contributed by atoms with van der Waals surface area (Å²) in [5, 5.41) is 3.95. The zero-order chi connectivity index (χ0) is 21.9. The predicted octanol–water partition coefficient (Wildman–Crippen LogP) is 1.28. The van der Waals surface area contributed by atoms with Gasteiger partial charge in [0.25, 0.3) is 5.91 Å². The topological polar surface area (TPSA) is 101 Å².